The van der Waals surface area contributed by atoms with Crippen LogP contribution in [0.3, 0.4) is 0 Å². The number of nitrogens with zero attached hydrogens (tertiary/aromatic N) is 1. The summed E-state index contributed by atoms with van der Waals surface area (Å²) >= 11 is 5.84. The summed E-state index contributed by atoms with van der Waals surface area (Å²) in [4.78, 5) is 16.9. The van der Waals surface area contributed by atoms with Gasteiger partial charge in [0.05, 0.1) is 5.52 Å². The van der Waals surface area contributed by atoms with Gasteiger partial charge in [-0.1, -0.05) is 29.8 Å². The minimum atomic E-state index is -0.0875. The standard InChI is InChI=1S/C17H12ClNO/c1-11-10-16(19-15-5-3-2-4-14(11)15)17(20)12-6-8-13(18)9-7-12/h2-10H,1H3. The summed E-state index contributed by atoms with van der Waals surface area (Å²) in [5, 5.41) is 1.68. The first kappa shape index (κ1) is 12.8. The average molecular weight is 282 g/mol. The Hall–Kier alpha value is -2.19. The molecule has 0 saturated carbocycles. The van der Waals surface area contributed by atoms with Crippen LogP contribution in [-0.2, 0) is 0 Å². The van der Waals surface area contributed by atoms with Crippen molar-refractivity contribution in [1.82, 2.24) is 4.98 Å². The number of halogens is 1. The van der Waals surface area contributed by atoms with Crippen molar-refractivity contribution >= 4 is 28.3 Å². The van der Waals surface area contributed by atoms with Crippen LogP contribution >= 0.6 is 11.6 Å². The van der Waals surface area contributed by atoms with E-state index in [4.69, 9.17) is 11.6 Å². The highest BCUT2D eigenvalue weighted by atomic mass is 35.5. The van der Waals surface area contributed by atoms with Crippen molar-refractivity contribution in [2.24, 2.45) is 0 Å². The average Bonchev–Trinajstić information content (AvgIpc) is 2.47. The number of hydrogen-bond acceptors (Lipinski definition) is 2. The number of ketones is 1. The highest BCUT2D eigenvalue weighted by Crippen LogP contribution is 2.19. The van der Waals surface area contributed by atoms with E-state index in [2.05, 4.69) is 4.98 Å². The van der Waals surface area contributed by atoms with E-state index in [0.29, 0.717) is 16.3 Å². The third-order valence-electron chi connectivity index (χ3n) is 3.26. The predicted molar refractivity (Wildman–Crippen MR) is 81.4 cm³/mol. The molecule has 0 fully saturated rings. The summed E-state index contributed by atoms with van der Waals surface area (Å²) in [6, 6.07) is 16.5. The van der Waals surface area contributed by atoms with Gasteiger partial charge in [0.25, 0.3) is 0 Å². The summed E-state index contributed by atoms with van der Waals surface area (Å²) in [6.45, 7) is 1.99. The molecule has 0 aliphatic rings. The van der Waals surface area contributed by atoms with E-state index < -0.39 is 0 Å². The van der Waals surface area contributed by atoms with E-state index in [-0.39, 0.29) is 5.78 Å². The Morgan fingerprint density at radius 3 is 2.50 bits per heavy atom. The zero-order chi connectivity index (χ0) is 14.1. The minimum Gasteiger partial charge on any atom is -0.287 e. The number of benzene rings is 2. The number of para-hydroxylation sites is 1. The highest BCUT2D eigenvalue weighted by molar-refractivity contribution is 6.30. The van der Waals surface area contributed by atoms with E-state index in [1.807, 2.05) is 37.3 Å². The Balaban J connectivity index is 2.10. The second-order valence-corrected chi connectivity index (χ2v) is 5.11. The Kier molecular flexibility index (Phi) is 3.25. The molecule has 98 valence electrons. The molecule has 3 heteroatoms. The highest BCUT2D eigenvalue weighted by Gasteiger charge is 2.12. The minimum absolute atomic E-state index is 0.0875. The number of carbonyl (C=O) groups excluding carboxylic acids is 1. The third-order valence-corrected chi connectivity index (χ3v) is 3.51. The molecular weight excluding hydrogens is 270 g/mol. The van der Waals surface area contributed by atoms with Crippen molar-refractivity contribution in [1.29, 1.82) is 0 Å². The fourth-order valence-corrected chi connectivity index (χ4v) is 2.34. The monoisotopic (exact) mass is 281 g/mol. The van der Waals surface area contributed by atoms with Crippen molar-refractivity contribution in [3.8, 4) is 0 Å². The Morgan fingerprint density at radius 1 is 1.05 bits per heavy atom. The SMILES string of the molecule is Cc1cc(C(=O)c2ccc(Cl)cc2)nc2ccccc12. The van der Waals surface area contributed by atoms with Crippen molar-refractivity contribution in [3.05, 3.63) is 76.4 Å². The van der Waals surface area contributed by atoms with Crippen LogP contribution in [0.15, 0.2) is 54.6 Å². The number of aromatic nitrogens is 1. The lowest BCUT2D eigenvalue weighted by Gasteiger charge is -2.06. The number of pyridine rings is 1. The first-order valence-corrected chi connectivity index (χ1v) is 6.69. The third kappa shape index (κ3) is 2.30. The van der Waals surface area contributed by atoms with Gasteiger partial charge in [-0.3, -0.25) is 4.79 Å². The van der Waals surface area contributed by atoms with Crippen LogP contribution in [-0.4, -0.2) is 10.8 Å². The maximum Gasteiger partial charge on any atom is 0.211 e. The largest absolute Gasteiger partial charge is 0.287 e. The molecule has 1 aromatic heterocycles. The molecule has 3 aromatic rings. The van der Waals surface area contributed by atoms with Gasteiger partial charge in [0.1, 0.15) is 5.69 Å². The lowest BCUT2D eigenvalue weighted by Crippen LogP contribution is -2.04. The molecule has 0 aliphatic heterocycles. The first-order valence-electron chi connectivity index (χ1n) is 6.32. The maximum atomic E-state index is 12.4. The summed E-state index contributed by atoms with van der Waals surface area (Å²) in [5.41, 5.74) is 2.94. The van der Waals surface area contributed by atoms with Crippen LogP contribution in [0.1, 0.15) is 21.6 Å². The van der Waals surface area contributed by atoms with Crippen molar-refractivity contribution in [2.75, 3.05) is 0 Å². The quantitative estimate of drug-likeness (QED) is 0.651. The zero-order valence-corrected chi connectivity index (χ0v) is 11.7. The van der Waals surface area contributed by atoms with E-state index in [0.717, 1.165) is 16.5 Å². The Bertz CT molecular complexity index is 794. The van der Waals surface area contributed by atoms with Crippen LogP contribution < -0.4 is 0 Å². The van der Waals surface area contributed by atoms with Gasteiger partial charge in [-0.15, -0.1) is 0 Å². The van der Waals surface area contributed by atoms with Crippen LogP contribution in [0.4, 0.5) is 0 Å². The molecule has 20 heavy (non-hydrogen) atoms. The van der Waals surface area contributed by atoms with Crippen molar-refractivity contribution < 1.29 is 4.79 Å². The van der Waals surface area contributed by atoms with E-state index in [9.17, 15) is 4.79 Å². The molecule has 0 radical (unpaired) electrons. The normalized spacial score (nSPS) is 10.7. The predicted octanol–water partition coefficient (Wildman–Crippen LogP) is 4.43. The number of carbonyl (C=O) groups is 1. The lowest BCUT2D eigenvalue weighted by molar-refractivity contribution is 0.103. The number of rotatable bonds is 2. The van der Waals surface area contributed by atoms with Crippen LogP contribution in [0.25, 0.3) is 10.9 Å². The molecule has 0 bridgehead atoms. The van der Waals surface area contributed by atoms with Crippen molar-refractivity contribution in [3.63, 3.8) is 0 Å². The molecule has 1 heterocycles. The molecule has 0 atom stereocenters. The number of aryl methyl sites for hydroxylation is 1. The maximum absolute atomic E-state index is 12.4. The second kappa shape index (κ2) is 5.06. The number of fused-ring (bicyclic) bond motifs is 1. The van der Waals surface area contributed by atoms with Gasteiger partial charge in [0.2, 0.25) is 5.78 Å². The van der Waals surface area contributed by atoms with Crippen LogP contribution in [0, 0.1) is 6.92 Å². The first-order chi connectivity index (χ1) is 9.65. The summed E-state index contributed by atoms with van der Waals surface area (Å²) < 4.78 is 0. The summed E-state index contributed by atoms with van der Waals surface area (Å²) in [7, 11) is 0. The molecule has 0 unspecified atom stereocenters. The molecule has 0 amide bonds. The fourth-order valence-electron chi connectivity index (χ4n) is 2.21. The molecule has 0 spiro atoms. The molecule has 2 aromatic carbocycles. The molecule has 0 saturated heterocycles. The lowest BCUT2D eigenvalue weighted by atomic mass is 10.0. The molecule has 2 nitrogen and oxygen atoms in total. The smallest absolute Gasteiger partial charge is 0.211 e. The van der Waals surface area contributed by atoms with Gasteiger partial charge in [-0.25, -0.2) is 4.98 Å². The molecule has 3 rings (SSSR count). The van der Waals surface area contributed by atoms with Gasteiger partial charge < -0.3 is 0 Å². The van der Waals surface area contributed by atoms with Gasteiger partial charge >= 0.3 is 0 Å². The van der Waals surface area contributed by atoms with Gasteiger partial charge in [0, 0.05) is 16.0 Å². The van der Waals surface area contributed by atoms with Gasteiger partial charge in [-0.05, 0) is 48.9 Å². The second-order valence-electron chi connectivity index (χ2n) is 4.68. The van der Waals surface area contributed by atoms with E-state index in [1.54, 1.807) is 24.3 Å². The number of hydrogen-bond donors (Lipinski definition) is 0. The summed E-state index contributed by atoms with van der Waals surface area (Å²) in [6.07, 6.45) is 0. The van der Waals surface area contributed by atoms with Gasteiger partial charge in [0.15, 0.2) is 0 Å². The molecule has 0 N–H and O–H groups in total. The van der Waals surface area contributed by atoms with Gasteiger partial charge in [-0.2, -0.15) is 0 Å². The van der Waals surface area contributed by atoms with Crippen LogP contribution in [0.2, 0.25) is 5.02 Å². The topological polar surface area (TPSA) is 30.0 Å². The molecule has 0 aliphatic carbocycles. The Morgan fingerprint density at radius 2 is 1.75 bits per heavy atom. The Labute approximate surface area is 122 Å². The van der Waals surface area contributed by atoms with Crippen LogP contribution in [0.5, 0.6) is 0 Å². The van der Waals surface area contributed by atoms with E-state index >= 15 is 0 Å². The fraction of sp³-hybridized carbons (Fsp3) is 0.0588. The zero-order valence-electron chi connectivity index (χ0n) is 10.9. The summed E-state index contributed by atoms with van der Waals surface area (Å²) in [5.74, 6) is -0.0875. The molecular formula is C17H12ClNO. The van der Waals surface area contributed by atoms with E-state index in [1.165, 1.54) is 0 Å². The van der Waals surface area contributed by atoms with Crippen molar-refractivity contribution in [2.45, 2.75) is 6.92 Å².